The molecule has 1 aliphatic carbocycles. The summed E-state index contributed by atoms with van der Waals surface area (Å²) in [6, 6.07) is 0. The van der Waals surface area contributed by atoms with Gasteiger partial charge in [0.2, 0.25) is 0 Å². The van der Waals surface area contributed by atoms with Gasteiger partial charge in [-0.2, -0.15) is 0 Å². The number of allylic oxidation sites excluding steroid dienone is 1. The van der Waals surface area contributed by atoms with Crippen LogP contribution in [0, 0.1) is 11.3 Å². The molecule has 0 aromatic rings. The van der Waals surface area contributed by atoms with Crippen molar-refractivity contribution in [2.24, 2.45) is 11.3 Å². The van der Waals surface area contributed by atoms with E-state index < -0.39 is 0 Å². The van der Waals surface area contributed by atoms with Crippen LogP contribution in [0.3, 0.4) is 0 Å². The topological polar surface area (TPSA) is 26.3 Å². The van der Waals surface area contributed by atoms with Crippen molar-refractivity contribution in [3.63, 3.8) is 0 Å². The minimum Gasteiger partial charge on any atom is -0.435 e. The summed E-state index contributed by atoms with van der Waals surface area (Å²) < 4.78 is 4.83. The molecule has 1 fully saturated rings. The van der Waals surface area contributed by atoms with Crippen LogP contribution in [0.25, 0.3) is 0 Å². The molecule has 0 bridgehead atoms. The molecule has 1 unspecified atom stereocenters. The van der Waals surface area contributed by atoms with Crippen LogP contribution in [0.2, 0.25) is 0 Å². The SMILES string of the molecule is CC=COC(=O)C1CC1(C)C. The average molecular weight is 154 g/mol. The third-order valence-electron chi connectivity index (χ3n) is 2.12. The van der Waals surface area contributed by atoms with Crippen molar-refractivity contribution in [3.05, 3.63) is 12.3 Å². The Morgan fingerprint density at radius 2 is 2.18 bits per heavy atom. The molecular weight excluding hydrogens is 140 g/mol. The quantitative estimate of drug-likeness (QED) is 0.449. The van der Waals surface area contributed by atoms with E-state index in [4.69, 9.17) is 4.74 Å². The number of esters is 1. The predicted molar refractivity (Wildman–Crippen MR) is 42.8 cm³/mol. The second-order valence-corrected chi connectivity index (χ2v) is 3.65. The van der Waals surface area contributed by atoms with Gasteiger partial charge in [-0.15, -0.1) is 0 Å². The molecule has 0 aromatic heterocycles. The van der Waals surface area contributed by atoms with Crippen LogP contribution in [0.15, 0.2) is 12.3 Å². The lowest BCUT2D eigenvalue weighted by atomic mass is 10.1. The highest BCUT2D eigenvalue weighted by Gasteiger charge is 2.51. The molecule has 0 N–H and O–H groups in total. The van der Waals surface area contributed by atoms with Crippen molar-refractivity contribution in [1.29, 1.82) is 0 Å². The minimum atomic E-state index is -0.0897. The van der Waals surface area contributed by atoms with Crippen LogP contribution in [0.5, 0.6) is 0 Å². The summed E-state index contributed by atoms with van der Waals surface area (Å²) in [6.45, 7) is 5.98. The molecule has 0 radical (unpaired) electrons. The zero-order valence-corrected chi connectivity index (χ0v) is 7.26. The largest absolute Gasteiger partial charge is 0.435 e. The smallest absolute Gasteiger partial charge is 0.314 e. The Hall–Kier alpha value is -0.790. The monoisotopic (exact) mass is 154 g/mol. The van der Waals surface area contributed by atoms with Crippen molar-refractivity contribution in [3.8, 4) is 0 Å². The number of ether oxygens (including phenoxy) is 1. The van der Waals surface area contributed by atoms with Gasteiger partial charge in [0.15, 0.2) is 0 Å². The van der Waals surface area contributed by atoms with Crippen molar-refractivity contribution in [2.75, 3.05) is 0 Å². The van der Waals surface area contributed by atoms with Crippen molar-refractivity contribution < 1.29 is 9.53 Å². The molecule has 2 heteroatoms. The molecule has 0 aliphatic heterocycles. The van der Waals surface area contributed by atoms with Crippen molar-refractivity contribution in [2.45, 2.75) is 27.2 Å². The van der Waals surface area contributed by atoms with E-state index in [9.17, 15) is 4.79 Å². The lowest BCUT2D eigenvalue weighted by Gasteiger charge is -1.99. The van der Waals surface area contributed by atoms with E-state index in [1.807, 2.05) is 6.92 Å². The first-order chi connectivity index (χ1) is 5.08. The van der Waals surface area contributed by atoms with Gasteiger partial charge >= 0.3 is 5.97 Å². The Morgan fingerprint density at radius 1 is 1.64 bits per heavy atom. The standard InChI is InChI=1S/C9H14O2/c1-4-5-11-8(10)7-6-9(7,2)3/h4-5,7H,6H2,1-3H3. The second-order valence-electron chi connectivity index (χ2n) is 3.65. The van der Waals surface area contributed by atoms with Gasteiger partial charge in [0.05, 0.1) is 12.2 Å². The van der Waals surface area contributed by atoms with Crippen LogP contribution in [-0.2, 0) is 9.53 Å². The first-order valence-electron chi connectivity index (χ1n) is 3.89. The van der Waals surface area contributed by atoms with Crippen molar-refractivity contribution >= 4 is 5.97 Å². The number of carbonyl (C=O) groups excluding carboxylic acids is 1. The molecule has 1 atom stereocenters. The average Bonchev–Trinajstić information content (AvgIpc) is 2.55. The maximum atomic E-state index is 11.1. The molecule has 0 aromatic carbocycles. The molecule has 1 rings (SSSR count). The minimum absolute atomic E-state index is 0.0897. The fourth-order valence-corrected chi connectivity index (χ4v) is 1.09. The Balaban J connectivity index is 2.34. The molecule has 0 amide bonds. The van der Waals surface area contributed by atoms with E-state index >= 15 is 0 Å². The molecule has 0 spiro atoms. The van der Waals surface area contributed by atoms with Crippen LogP contribution in [-0.4, -0.2) is 5.97 Å². The third kappa shape index (κ3) is 1.82. The zero-order valence-electron chi connectivity index (χ0n) is 7.26. The Morgan fingerprint density at radius 3 is 2.55 bits per heavy atom. The van der Waals surface area contributed by atoms with Gasteiger partial charge in [0, 0.05) is 0 Å². The number of carbonyl (C=O) groups is 1. The van der Waals surface area contributed by atoms with Crippen LogP contribution in [0.4, 0.5) is 0 Å². The second kappa shape index (κ2) is 2.68. The highest BCUT2D eigenvalue weighted by atomic mass is 16.5. The van der Waals surface area contributed by atoms with Gasteiger partial charge in [-0.25, -0.2) is 0 Å². The molecule has 11 heavy (non-hydrogen) atoms. The summed E-state index contributed by atoms with van der Waals surface area (Å²) in [4.78, 5) is 11.1. The zero-order chi connectivity index (χ0) is 8.48. The van der Waals surface area contributed by atoms with Gasteiger partial charge in [-0.3, -0.25) is 4.79 Å². The summed E-state index contributed by atoms with van der Waals surface area (Å²) in [5.74, 6) is 0.0341. The first-order valence-corrected chi connectivity index (χ1v) is 3.89. The molecular formula is C9H14O2. The highest BCUT2D eigenvalue weighted by molar-refractivity contribution is 5.77. The van der Waals surface area contributed by atoms with E-state index in [0.29, 0.717) is 0 Å². The maximum absolute atomic E-state index is 11.1. The van der Waals surface area contributed by atoms with E-state index in [1.165, 1.54) is 6.26 Å². The van der Waals surface area contributed by atoms with Gasteiger partial charge in [0.25, 0.3) is 0 Å². The lowest BCUT2D eigenvalue weighted by molar-refractivity contribution is -0.140. The number of hydrogen-bond donors (Lipinski definition) is 0. The van der Waals surface area contributed by atoms with Crippen molar-refractivity contribution in [1.82, 2.24) is 0 Å². The first kappa shape index (κ1) is 8.31. The summed E-state index contributed by atoms with van der Waals surface area (Å²) >= 11 is 0. The van der Waals surface area contributed by atoms with Gasteiger partial charge in [-0.1, -0.05) is 19.9 Å². The summed E-state index contributed by atoms with van der Waals surface area (Å²) in [5.41, 5.74) is 0.179. The Kier molecular flexibility index (Phi) is 2.03. The summed E-state index contributed by atoms with van der Waals surface area (Å²) in [6.07, 6.45) is 4.12. The van der Waals surface area contributed by atoms with Gasteiger partial charge in [0.1, 0.15) is 0 Å². The molecule has 2 nitrogen and oxygen atoms in total. The molecule has 1 saturated carbocycles. The van der Waals surface area contributed by atoms with E-state index in [-0.39, 0.29) is 17.3 Å². The maximum Gasteiger partial charge on any atom is 0.314 e. The van der Waals surface area contributed by atoms with E-state index in [2.05, 4.69) is 13.8 Å². The van der Waals surface area contributed by atoms with Gasteiger partial charge < -0.3 is 4.74 Å². The Labute approximate surface area is 67.2 Å². The van der Waals surface area contributed by atoms with Crippen LogP contribution in [0.1, 0.15) is 27.2 Å². The summed E-state index contributed by atoms with van der Waals surface area (Å²) in [7, 11) is 0. The highest BCUT2D eigenvalue weighted by Crippen LogP contribution is 2.52. The molecule has 62 valence electrons. The number of hydrogen-bond acceptors (Lipinski definition) is 2. The normalized spacial score (nSPS) is 27.0. The molecule has 0 heterocycles. The summed E-state index contributed by atoms with van der Waals surface area (Å²) in [5, 5.41) is 0. The molecule has 1 aliphatic rings. The van der Waals surface area contributed by atoms with Crippen LogP contribution < -0.4 is 0 Å². The fourth-order valence-electron chi connectivity index (χ4n) is 1.09. The van der Waals surface area contributed by atoms with Crippen LogP contribution >= 0.6 is 0 Å². The molecule has 0 saturated heterocycles. The Bertz CT molecular complexity index is 192. The van der Waals surface area contributed by atoms with E-state index in [0.717, 1.165) is 6.42 Å². The van der Waals surface area contributed by atoms with Gasteiger partial charge in [-0.05, 0) is 18.8 Å². The third-order valence-corrected chi connectivity index (χ3v) is 2.12. The number of rotatable bonds is 2. The lowest BCUT2D eigenvalue weighted by Crippen LogP contribution is -2.06. The predicted octanol–water partition coefficient (Wildman–Crippen LogP) is 2.11. The fraction of sp³-hybridized carbons (Fsp3) is 0.667. The van der Waals surface area contributed by atoms with E-state index in [1.54, 1.807) is 6.08 Å².